The highest BCUT2D eigenvalue weighted by Crippen LogP contribution is 2.39. The Kier molecular flexibility index (Phi) is 3.57. The summed E-state index contributed by atoms with van der Waals surface area (Å²) >= 11 is 3.12. The van der Waals surface area contributed by atoms with E-state index in [0.717, 1.165) is 16.2 Å². The van der Waals surface area contributed by atoms with Gasteiger partial charge in [0, 0.05) is 12.3 Å². The molecule has 0 bridgehead atoms. The Morgan fingerprint density at radius 2 is 2.21 bits per heavy atom. The van der Waals surface area contributed by atoms with Gasteiger partial charge in [0.2, 0.25) is 0 Å². The minimum Gasteiger partial charge on any atom is -0.321 e. The molecule has 1 aromatic carbocycles. The lowest BCUT2D eigenvalue weighted by molar-refractivity contribution is 0.0765. The molecule has 5 heteroatoms. The maximum absolute atomic E-state index is 13.3. The molecule has 1 atom stereocenters. The third-order valence-corrected chi connectivity index (χ3v) is 5.14. The predicted molar refractivity (Wildman–Crippen MR) is 77.0 cm³/mol. The highest BCUT2D eigenvalue weighted by atomic mass is 32.2. The van der Waals surface area contributed by atoms with Gasteiger partial charge in [0.1, 0.15) is 11.2 Å². The fourth-order valence-electron chi connectivity index (χ4n) is 2.16. The molecule has 1 saturated heterocycles. The summed E-state index contributed by atoms with van der Waals surface area (Å²) < 4.78 is 13.3. The summed E-state index contributed by atoms with van der Waals surface area (Å²) in [7, 11) is 0. The number of hydrogen-bond donors (Lipinski definition) is 0. The molecule has 0 aliphatic carbocycles. The molecule has 1 aliphatic rings. The van der Waals surface area contributed by atoms with Crippen molar-refractivity contribution in [3.8, 4) is 0 Å². The van der Waals surface area contributed by atoms with Crippen molar-refractivity contribution in [1.29, 1.82) is 0 Å². The van der Waals surface area contributed by atoms with Crippen LogP contribution in [0.4, 0.5) is 4.39 Å². The third kappa shape index (κ3) is 2.53. The molecule has 0 unspecified atom stereocenters. The summed E-state index contributed by atoms with van der Waals surface area (Å²) in [6.07, 6.45) is 0. The number of benzene rings is 1. The maximum atomic E-state index is 13.3. The van der Waals surface area contributed by atoms with Gasteiger partial charge >= 0.3 is 0 Å². The zero-order chi connectivity index (χ0) is 13.2. The second kappa shape index (κ2) is 5.35. The van der Waals surface area contributed by atoms with Crippen molar-refractivity contribution in [2.45, 2.75) is 5.37 Å². The Labute approximate surface area is 119 Å². The standard InChI is InChI=1S/C14H12FNOS2/c15-11-4-1-3-10(9-11)14-16(6-8-19-14)13(17)12-5-2-7-18-12/h1-5,7,9,14H,6,8H2/t14-/m1/s1. The molecule has 1 fully saturated rings. The van der Waals surface area contributed by atoms with Crippen molar-refractivity contribution in [3.63, 3.8) is 0 Å². The molecule has 0 radical (unpaired) electrons. The smallest absolute Gasteiger partial charge is 0.265 e. The molecule has 0 saturated carbocycles. The highest BCUT2D eigenvalue weighted by Gasteiger charge is 2.31. The average Bonchev–Trinajstić information content (AvgIpc) is 3.09. The second-order valence-corrected chi connectivity index (χ2v) is 6.39. The van der Waals surface area contributed by atoms with Gasteiger partial charge < -0.3 is 4.90 Å². The molecule has 2 nitrogen and oxygen atoms in total. The van der Waals surface area contributed by atoms with Gasteiger partial charge in [-0.3, -0.25) is 4.79 Å². The molecule has 1 aliphatic heterocycles. The van der Waals surface area contributed by atoms with E-state index in [1.165, 1.54) is 23.5 Å². The van der Waals surface area contributed by atoms with Crippen LogP contribution in [0.5, 0.6) is 0 Å². The van der Waals surface area contributed by atoms with E-state index in [9.17, 15) is 9.18 Å². The number of rotatable bonds is 2. The Morgan fingerprint density at radius 1 is 1.32 bits per heavy atom. The summed E-state index contributed by atoms with van der Waals surface area (Å²) in [5.74, 6) is 0.668. The molecule has 1 amide bonds. The normalized spacial score (nSPS) is 18.8. The summed E-state index contributed by atoms with van der Waals surface area (Å²) in [6, 6.07) is 10.2. The summed E-state index contributed by atoms with van der Waals surface area (Å²) in [5.41, 5.74) is 0.854. The molecule has 2 heterocycles. The highest BCUT2D eigenvalue weighted by molar-refractivity contribution is 7.99. The number of hydrogen-bond acceptors (Lipinski definition) is 3. The van der Waals surface area contributed by atoms with Crippen molar-refractivity contribution in [3.05, 3.63) is 58.0 Å². The van der Waals surface area contributed by atoms with Crippen molar-refractivity contribution >= 4 is 29.0 Å². The SMILES string of the molecule is O=C(c1cccs1)N1CCS[C@@H]1c1cccc(F)c1. The molecule has 0 spiro atoms. The van der Waals surface area contributed by atoms with E-state index in [4.69, 9.17) is 0 Å². The first-order valence-electron chi connectivity index (χ1n) is 5.97. The summed E-state index contributed by atoms with van der Waals surface area (Å²) in [6.45, 7) is 0.711. The van der Waals surface area contributed by atoms with Gasteiger partial charge in [-0.25, -0.2) is 4.39 Å². The zero-order valence-electron chi connectivity index (χ0n) is 10.1. The van der Waals surface area contributed by atoms with Gasteiger partial charge in [0.05, 0.1) is 4.88 Å². The molecule has 2 aromatic rings. The van der Waals surface area contributed by atoms with Gasteiger partial charge in [0.15, 0.2) is 0 Å². The fraction of sp³-hybridized carbons (Fsp3) is 0.214. The lowest BCUT2D eigenvalue weighted by atomic mass is 10.2. The second-order valence-electron chi connectivity index (χ2n) is 4.25. The molecule has 0 N–H and O–H groups in total. The topological polar surface area (TPSA) is 20.3 Å². The Morgan fingerprint density at radius 3 is 2.95 bits per heavy atom. The van der Waals surface area contributed by atoms with Crippen LogP contribution in [-0.2, 0) is 0 Å². The first-order valence-corrected chi connectivity index (χ1v) is 7.90. The number of amides is 1. The van der Waals surface area contributed by atoms with Crippen molar-refractivity contribution in [2.24, 2.45) is 0 Å². The fourth-order valence-corrected chi connectivity index (χ4v) is 4.08. The van der Waals surface area contributed by atoms with Crippen LogP contribution >= 0.6 is 23.1 Å². The summed E-state index contributed by atoms with van der Waals surface area (Å²) in [5, 5.41) is 1.82. The number of nitrogens with zero attached hydrogens (tertiary/aromatic N) is 1. The quantitative estimate of drug-likeness (QED) is 0.840. The van der Waals surface area contributed by atoms with Crippen LogP contribution in [0.1, 0.15) is 20.6 Å². The van der Waals surface area contributed by atoms with E-state index in [1.54, 1.807) is 17.8 Å². The lowest BCUT2D eigenvalue weighted by Crippen LogP contribution is -2.29. The van der Waals surface area contributed by atoms with Crippen LogP contribution in [0, 0.1) is 5.82 Å². The number of carbonyl (C=O) groups is 1. The number of carbonyl (C=O) groups excluding carboxylic acids is 1. The first-order chi connectivity index (χ1) is 9.25. The van der Waals surface area contributed by atoms with Crippen LogP contribution in [-0.4, -0.2) is 23.1 Å². The van der Waals surface area contributed by atoms with E-state index in [1.807, 2.05) is 28.5 Å². The van der Waals surface area contributed by atoms with E-state index >= 15 is 0 Å². The van der Waals surface area contributed by atoms with Crippen molar-refractivity contribution in [1.82, 2.24) is 4.90 Å². The molecule has 19 heavy (non-hydrogen) atoms. The van der Waals surface area contributed by atoms with Crippen LogP contribution in [0.3, 0.4) is 0 Å². The minimum absolute atomic E-state index is 0.0364. The first kappa shape index (κ1) is 12.7. The Balaban J connectivity index is 1.88. The van der Waals surface area contributed by atoms with Gasteiger partial charge in [-0.2, -0.15) is 0 Å². The van der Waals surface area contributed by atoms with Crippen molar-refractivity contribution in [2.75, 3.05) is 12.3 Å². The van der Waals surface area contributed by atoms with E-state index < -0.39 is 0 Å². The average molecular weight is 293 g/mol. The van der Waals surface area contributed by atoms with E-state index in [2.05, 4.69) is 0 Å². The molecule has 1 aromatic heterocycles. The van der Waals surface area contributed by atoms with E-state index in [-0.39, 0.29) is 17.1 Å². The lowest BCUT2D eigenvalue weighted by Gasteiger charge is -2.23. The van der Waals surface area contributed by atoms with Gasteiger partial charge in [-0.05, 0) is 29.1 Å². The Hall–Kier alpha value is -1.33. The van der Waals surface area contributed by atoms with Crippen LogP contribution in [0.25, 0.3) is 0 Å². The number of thioether (sulfide) groups is 1. The van der Waals surface area contributed by atoms with Crippen LogP contribution in [0.15, 0.2) is 41.8 Å². The monoisotopic (exact) mass is 293 g/mol. The van der Waals surface area contributed by atoms with Crippen LogP contribution in [0.2, 0.25) is 0 Å². The predicted octanol–water partition coefficient (Wildman–Crippen LogP) is 3.78. The van der Waals surface area contributed by atoms with Crippen LogP contribution < -0.4 is 0 Å². The maximum Gasteiger partial charge on any atom is 0.265 e. The molecular weight excluding hydrogens is 281 g/mol. The van der Waals surface area contributed by atoms with Gasteiger partial charge in [-0.15, -0.1) is 23.1 Å². The number of halogens is 1. The van der Waals surface area contributed by atoms with Crippen molar-refractivity contribution < 1.29 is 9.18 Å². The zero-order valence-corrected chi connectivity index (χ0v) is 11.7. The van der Waals surface area contributed by atoms with E-state index in [0.29, 0.717) is 6.54 Å². The minimum atomic E-state index is -0.256. The number of thiophene rings is 1. The van der Waals surface area contributed by atoms with Gasteiger partial charge in [-0.1, -0.05) is 18.2 Å². The third-order valence-electron chi connectivity index (χ3n) is 3.02. The molecule has 3 rings (SSSR count). The summed E-state index contributed by atoms with van der Waals surface area (Å²) in [4.78, 5) is 15.0. The largest absolute Gasteiger partial charge is 0.321 e. The Bertz CT molecular complexity index is 585. The molecular formula is C14H12FNOS2. The van der Waals surface area contributed by atoms with Gasteiger partial charge in [0.25, 0.3) is 5.91 Å². The molecule has 98 valence electrons.